The zero-order chi connectivity index (χ0) is 19.4. The molecule has 1 unspecified atom stereocenters. The first kappa shape index (κ1) is 19.1. The molecule has 0 amide bonds. The zero-order valence-corrected chi connectivity index (χ0v) is 15.0. The van der Waals surface area contributed by atoms with Gasteiger partial charge in [-0.1, -0.05) is 25.2 Å². The summed E-state index contributed by atoms with van der Waals surface area (Å²) in [5.74, 6) is -0.569. The Morgan fingerprint density at radius 3 is 2.46 bits per heavy atom. The number of phenols is 3. The largest absolute Gasteiger partial charge is 0.508 e. The zero-order valence-electron chi connectivity index (χ0n) is 15.0. The molecular formula is C21H22O5. The lowest BCUT2D eigenvalue weighted by Gasteiger charge is -2.16. The van der Waals surface area contributed by atoms with Gasteiger partial charge in [0.05, 0.1) is 12.7 Å². The maximum absolute atomic E-state index is 12.3. The van der Waals surface area contributed by atoms with E-state index in [1.807, 2.05) is 13.8 Å². The van der Waals surface area contributed by atoms with Gasteiger partial charge in [0, 0.05) is 17.5 Å². The molecule has 0 bridgehead atoms. The van der Waals surface area contributed by atoms with Crippen LogP contribution in [0.1, 0.15) is 41.3 Å². The first-order valence-electron chi connectivity index (χ1n) is 8.05. The molecule has 2 aromatic carbocycles. The Morgan fingerprint density at radius 2 is 1.88 bits per heavy atom. The van der Waals surface area contributed by atoms with Crippen molar-refractivity contribution in [3.8, 4) is 23.0 Å². The van der Waals surface area contributed by atoms with Crippen LogP contribution in [0.5, 0.6) is 23.0 Å². The number of allylic oxidation sites excluding steroid dienone is 2. The van der Waals surface area contributed by atoms with Crippen LogP contribution in [0.2, 0.25) is 0 Å². The number of benzene rings is 2. The van der Waals surface area contributed by atoms with Crippen LogP contribution < -0.4 is 4.74 Å². The van der Waals surface area contributed by atoms with Crippen LogP contribution in [-0.4, -0.2) is 28.2 Å². The van der Waals surface area contributed by atoms with Gasteiger partial charge in [0.2, 0.25) is 0 Å². The van der Waals surface area contributed by atoms with E-state index >= 15 is 0 Å². The van der Waals surface area contributed by atoms with Crippen LogP contribution in [0.3, 0.4) is 0 Å². The third kappa shape index (κ3) is 4.06. The van der Waals surface area contributed by atoms with Crippen LogP contribution in [0.25, 0.3) is 6.08 Å². The number of methoxy groups -OCH3 is 1. The molecular weight excluding hydrogens is 332 g/mol. The van der Waals surface area contributed by atoms with Crippen LogP contribution in [0.15, 0.2) is 48.6 Å². The number of ketones is 1. The number of phenolic OH excluding ortho intramolecular Hbond substituents is 3. The minimum Gasteiger partial charge on any atom is -0.508 e. The van der Waals surface area contributed by atoms with Crippen molar-refractivity contribution in [3.05, 3.63) is 65.3 Å². The molecule has 3 N–H and O–H groups in total. The molecule has 0 saturated heterocycles. The van der Waals surface area contributed by atoms with E-state index in [0.717, 1.165) is 11.6 Å². The summed E-state index contributed by atoms with van der Waals surface area (Å²) in [6.45, 7) is 7.71. The molecule has 0 saturated carbocycles. The van der Waals surface area contributed by atoms with Crippen molar-refractivity contribution in [2.24, 2.45) is 0 Å². The third-order valence-electron chi connectivity index (χ3n) is 4.23. The lowest BCUT2D eigenvalue weighted by Crippen LogP contribution is -1.98. The highest BCUT2D eigenvalue weighted by Crippen LogP contribution is 2.38. The standard InChI is InChI=1S/C21H22O5/c1-12(2)13(3)17-9-14(10-20(26-4)21(17)25)5-8-18(23)16-7-6-15(22)11-19(16)24/h5-11,13,22,24-25H,1H2,2-4H3/b8-5+. The summed E-state index contributed by atoms with van der Waals surface area (Å²) in [5.41, 5.74) is 2.28. The summed E-state index contributed by atoms with van der Waals surface area (Å²) < 4.78 is 5.21. The van der Waals surface area contributed by atoms with Crippen molar-refractivity contribution in [1.82, 2.24) is 0 Å². The van der Waals surface area contributed by atoms with Crippen LogP contribution in [0, 0.1) is 0 Å². The lowest BCUT2D eigenvalue weighted by atomic mass is 9.92. The molecule has 0 spiro atoms. The fraction of sp³-hybridized carbons (Fsp3) is 0.190. The summed E-state index contributed by atoms with van der Waals surface area (Å²) in [6.07, 6.45) is 2.89. The van der Waals surface area contributed by atoms with E-state index in [1.165, 1.54) is 25.3 Å². The van der Waals surface area contributed by atoms with Gasteiger partial charge in [-0.15, -0.1) is 0 Å². The number of hydrogen-bond donors (Lipinski definition) is 3. The summed E-state index contributed by atoms with van der Waals surface area (Å²) >= 11 is 0. The second-order valence-electron chi connectivity index (χ2n) is 6.13. The second-order valence-corrected chi connectivity index (χ2v) is 6.13. The SMILES string of the molecule is C=C(C)C(C)c1cc(/C=C/C(=O)c2ccc(O)cc2O)cc(OC)c1O. The Balaban J connectivity index is 2.39. The van der Waals surface area contributed by atoms with Crippen LogP contribution >= 0.6 is 0 Å². The van der Waals surface area contributed by atoms with E-state index in [2.05, 4.69) is 6.58 Å². The summed E-state index contributed by atoms with van der Waals surface area (Å²) in [4.78, 5) is 12.3. The number of carbonyl (C=O) groups excluding carboxylic acids is 1. The Morgan fingerprint density at radius 1 is 1.19 bits per heavy atom. The van der Waals surface area contributed by atoms with Gasteiger partial charge in [0.25, 0.3) is 0 Å². The predicted octanol–water partition coefficient (Wildman–Crippen LogP) is 4.39. The fourth-order valence-electron chi connectivity index (χ4n) is 2.49. The second kappa shape index (κ2) is 7.78. The predicted molar refractivity (Wildman–Crippen MR) is 101 cm³/mol. The summed E-state index contributed by atoms with van der Waals surface area (Å²) in [7, 11) is 1.46. The average molecular weight is 354 g/mol. The maximum Gasteiger partial charge on any atom is 0.189 e. The van der Waals surface area contributed by atoms with Gasteiger partial charge in [-0.25, -0.2) is 0 Å². The highest BCUT2D eigenvalue weighted by molar-refractivity contribution is 6.08. The highest BCUT2D eigenvalue weighted by atomic mass is 16.5. The van der Waals surface area contributed by atoms with Crippen molar-refractivity contribution >= 4 is 11.9 Å². The number of carbonyl (C=O) groups is 1. The van der Waals surface area contributed by atoms with Gasteiger partial charge in [-0.05, 0) is 42.8 Å². The van der Waals surface area contributed by atoms with E-state index in [1.54, 1.807) is 18.2 Å². The number of hydrogen-bond acceptors (Lipinski definition) is 5. The Bertz CT molecular complexity index is 880. The van der Waals surface area contributed by atoms with Gasteiger partial charge >= 0.3 is 0 Å². The quantitative estimate of drug-likeness (QED) is 0.407. The normalized spacial score (nSPS) is 12.1. The molecule has 0 aliphatic heterocycles. The van der Waals surface area contributed by atoms with Crippen LogP contribution in [0.4, 0.5) is 0 Å². The lowest BCUT2D eigenvalue weighted by molar-refractivity contribution is 0.104. The Kier molecular flexibility index (Phi) is 5.72. The van der Waals surface area contributed by atoms with E-state index in [9.17, 15) is 20.1 Å². The monoisotopic (exact) mass is 354 g/mol. The minimum atomic E-state index is -0.413. The molecule has 0 heterocycles. The van der Waals surface area contributed by atoms with Gasteiger partial charge in [-0.2, -0.15) is 0 Å². The first-order valence-corrected chi connectivity index (χ1v) is 8.05. The van der Waals surface area contributed by atoms with Crippen molar-refractivity contribution in [2.45, 2.75) is 19.8 Å². The van der Waals surface area contributed by atoms with E-state index < -0.39 is 5.78 Å². The molecule has 1 atom stereocenters. The van der Waals surface area contributed by atoms with E-state index in [-0.39, 0.29) is 28.7 Å². The molecule has 5 nitrogen and oxygen atoms in total. The number of ether oxygens (including phenoxy) is 1. The van der Waals surface area contributed by atoms with Crippen molar-refractivity contribution in [1.29, 1.82) is 0 Å². The van der Waals surface area contributed by atoms with E-state index in [0.29, 0.717) is 16.9 Å². The topological polar surface area (TPSA) is 87.0 Å². The van der Waals surface area contributed by atoms with E-state index in [4.69, 9.17) is 4.74 Å². The molecule has 5 heteroatoms. The summed E-state index contributed by atoms with van der Waals surface area (Å²) in [5, 5.41) is 29.4. The van der Waals surface area contributed by atoms with Gasteiger partial charge in [0.15, 0.2) is 17.3 Å². The van der Waals surface area contributed by atoms with Crippen molar-refractivity contribution < 1.29 is 24.9 Å². The number of rotatable bonds is 6. The number of aromatic hydroxyl groups is 3. The molecule has 0 radical (unpaired) electrons. The average Bonchev–Trinajstić information content (AvgIpc) is 2.59. The van der Waals surface area contributed by atoms with Crippen LogP contribution in [-0.2, 0) is 0 Å². The van der Waals surface area contributed by atoms with Crippen molar-refractivity contribution in [3.63, 3.8) is 0 Å². The molecule has 2 aromatic rings. The fourth-order valence-corrected chi connectivity index (χ4v) is 2.49. The Labute approximate surface area is 152 Å². The van der Waals surface area contributed by atoms with Gasteiger partial charge in [-0.3, -0.25) is 4.79 Å². The molecule has 2 rings (SSSR count). The third-order valence-corrected chi connectivity index (χ3v) is 4.23. The smallest absolute Gasteiger partial charge is 0.189 e. The molecule has 26 heavy (non-hydrogen) atoms. The molecule has 0 aromatic heterocycles. The van der Waals surface area contributed by atoms with Crippen molar-refractivity contribution in [2.75, 3.05) is 7.11 Å². The van der Waals surface area contributed by atoms with Gasteiger partial charge in [0.1, 0.15) is 11.5 Å². The summed E-state index contributed by atoms with van der Waals surface area (Å²) in [6, 6.07) is 7.17. The van der Waals surface area contributed by atoms with Gasteiger partial charge < -0.3 is 20.1 Å². The maximum atomic E-state index is 12.3. The molecule has 0 aliphatic carbocycles. The first-order chi connectivity index (χ1) is 12.2. The molecule has 0 fully saturated rings. The minimum absolute atomic E-state index is 0.0441. The molecule has 136 valence electrons. The Hall–Kier alpha value is -3.21. The highest BCUT2D eigenvalue weighted by Gasteiger charge is 2.16. The molecule has 0 aliphatic rings.